The quantitative estimate of drug-likeness (QED) is 0.886. The van der Waals surface area contributed by atoms with Crippen molar-refractivity contribution in [1.82, 2.24) is 5.32 Å². The van der Waals surface area contributed by atoms with E-state index in [0.29, 0.717) is 0 Å². The number of para-hydroxylation sites is 1. The van der Waals surface area contributed by atoms with Crippen molar-refractivity contribution < 1.29 is 13.9 Å². The van der Waals surface area contributed by atoms with Gasteiger partial charge < -0.3 is 10.1 Å². The summed E-state index contributed by atoms with van der Waals surface area (Å²) in [6.45, 7) is 2.27. The van der Waals surface area contributed by atoms with E-state index in [9.17, 15) is 9.18 Å². The van der Waals surface area contributed by atoms with Crippen LogP contribution >= 0.6 is 0 Å². The first-order valence-electron chi connectivity index (χ1n) is 6.91. The van der Waals surface area contributed by atoms with Gasteiger partial charge >= 0.3 is 0 Å². The fourth-order valence-electron chi connectivity index (χ4n) is 1.98. The highest BCUT2D eigenvalue weighted by atomic mass is 19.1. The zero-order valence-corrected chi connectivity index (χ0v) is 11.9. The van der Waals surface area contributed by atoms with Crippen LogP contribution in [0.5, 0.6) is 5.75 Å². The van der Waals surface area contributed by atoms with Gasteiger partial charge in [0, 0.05) is 6.54 Å². The molecule has 0 aliphatic heterocycles. The number of amides is 1. The molecule has 1 amide bonds. The molecule has 0 aliphatic carbocycles. The molecule has 1 N–H and O–H groups in total. The molecule has 2 rings (SSSR count). The zero-order chi connectivity index (χ0) is 15.1. The van der Waals surface area contributed by atoms with Crippen molar-refractivity contribution in [2.45, 2.75) is 19.9 Å². The number of ether oxygens (including phenoxy) is 1. The average Bonchev–Trinajstić information content (AvgIpc) is 2.51. The van der Waals surface area contributed by atoms with Crippen LogP contribution in [0.4, 0.5) is 4.39 Å². The van der Waals surface area contributed by atoms with Crippen LogP contribution in [-0.4, -0.2) is 12.5 Å². The van der Waals surface area contributed by atoms with E-state index in [1.807, 2.05) is 31.2 Å². The number of carbonyl (C=O) groups excluding carboxylic acids is 1. The van der Waals surface area contributed by atoms with E-state index < -0.39 is 0 Å². The average molecular weight is 287 g/mol. The molecule has 110 valence electrons. The third-order valence-corrected chi connectivity index (χ3v) is 3.09. The first kappa shape index (κ1) is 15.0. The minimum absolute atomic E-state index is 0.0493. The highest BCUT2D eigenvalue weighted by Crippen LogP contribution is 2.17. The maximum atomic E-state index is 13.0. The molecular weight excluding hydrogens is 269 g/mol. The minimum Gasteiger partial charge on any atom is -0.483 e. The van der Waals surface area contributed by atoms with E-state index in [1.54, 1.807) is 12.1 Å². The molecule has 0 fully saturated rings. The van der Waals surface area contributed by atoms with Crippen molar-refractivity contribution in [3.63, 3.8) is 0 Å². The minimum atomic E-state index is -0.310. The Labute approximate surface area is 123 Å². The second kappa shape index (κ2) is 7.43. The Balaban J connectivity index is 1.82. The van der Waals surface area contributed by atoms with Gasteiger partial charge in [-0.25, -0.2) is 4.39 Å². The molecule has 0 radical (unpaired) electrons. The summed E-state index contributed by atoms with van der Waals surface area (Å²) in [5.41, 5.74) is 1.78. The Kier molecular flexibility index (Phi) is 5.32. The molecule has 0 spiro atoms. The molecule has 0 saturated heterocycles. The van der Waals surface area contributed by atoms with Crippen LogP contribution in [0.3, 0.4) is 0 Å². The van der Waals surface area contributed by atoms with E-state index in [2.05, 4.69) is 5.32 Å². The SMILES string of the molecule is CCc1ccccc1OCC(=O)NCc1cccc(F)c1. The van der Waals surface area contributed by atoms with Crippen LogP contribution in [0.25, 0.3) is 0 Å². The summed E-state index contributed by atoms with van der Waals surface area (Å²) in [6.07, 6.45) is 0.848. The number of carbonyl (C=O) groups is 1. The van der Waals surface area contributed by atoms with E-state index >= 15 is 0 Å². The lowest BCUT2D eigenvalue weighted by Crippen LogP contribution is -2.28. The Morgan fingerprint density at radius 2 is 2.00 bits per heavy atom. The number of rotatable bonds is 6. The van der Waals surface area contributed by atoms with Gasteiger partial charge in [-0.1, -0.05) is 37.3 Å². The van der Waals surface area contributed by atoms with Crippen molar-refractivity contribution in [2.24, 2.45) is 0 Å². The largest absolute Gasteiger partial charge is 0.483 e. The zero-order valence-electron chi connectivity index (χ0n) is 11.9. The second-order valence-electron chi connectivity index (χ2n) is 4.66. The molecule has 3 nitrogen and oxygen atoms in total. The van der Waals surface area contributed by atoms with Crippen molar-refractivity contribution in [3.05, 3.63) is 65.5 Å². The highest BCUT2D eigenvalue weighted by Gasteiger charge is 2.05. The summed E-state index contributed by atoms with van der Waals surface area (Å²) in [4.78, 5) is 11.7. The standard InChI is InChI=1S/C17H18FNO2/c1-2-14-7-3-4-9-16(14)21-12-17(20)19-11-13-6-5-8-15(18)10-13/h3-10H,2,11-12H2,1H3,(H,19,20). The predicted molar refractivity (Wildman–Crippen MR) is 79.6 cm³/mol. The third-order valence-electron chi connectivity index (χ3n) is 3.09. The number of hydrogen-bond donors (Lipinski definition) is 1. The van der Waals surface area contributed by atoms with Crippen LogP contribution in [0.2, 0.25) is 0 Å². The third kappa shape index (κ3) is 4.60. The first-order chi connectivity index (χ1) is 10.2. The molecular formula is C17H18FNO2. The lowest BCUT2D eigenvalue weighted by molar-refractivity contribution is -0.123. The molecule has 0 atom stereocenters. The molecule has 2 aromatic carbocycles. The second-order valence-corrected chi connectivity index (χ2v) is 4.66. The van der Waals surface area contributed by atoms with Crippen LogP contribution in [0, 0.1) is 5.82 Å². The summed E-state index contributed by atoms with van der Waals surface area (Å²) in [5, 5.41) is 2.70. The highest BCUT2D eigenvalue weighted by molar-refractivity contribution is 5.77. The fourth-order valence-corrected chi connectivity index (χ4v) is 1.98. The van der Waals surface area contributed by atoms with Crippen LogP contribution in [0.15, 0.2) is 48.5 Å². The number of halogens is 1. The predicted octanol–water partition coefficient (Wildman–Crippen LogP) is 3.08. The van der Waals surface area contributed by atoms with Gasteiger partial charge in [-0.3, -0.25) is 4.79 Å². The maximum Gasteiger partial charge on any atom is 0.258 e. The number of nitrogens with one attached hydrogen (secondary N) is 1. The van der Waals surface area contributed by atoms with Gasteiger partial charge in [-0.2, -0.15) is 0 Å². The monoisotopic (exact) mass is 287 g/mol. The number of aryl methyl sites for hydroxylation is 1. The van der Waals surface area contributed by atoms with E-state index in [4.69, 9.17) is 4.74 Å². The van der Waals surface area contributed by atoms with Crippen molar-refractivity contribution in [3.8, 4) is 5.75 Å². The van der Waals surface area contributed by atoms with Crippen molar-refractivity contribution in [2.75, 3.05) is 6.61 Å². The van der Waals surface area contributed by atoms with E-state index in [0.717, 1.165) is 23.3 Å². The summed E-state index contributed by atoms with van der Waals surface area (Å²) in [5.74, 6) is 0.181. The summed E-state index contributed by atoms with van der Waals surface area (Å²) in [7, 11) is 0. The Morgan fingerprint density at radius 3 is 2.76 bits per heavy atom. The summed E-state index contributed by atoms with van der Waals surface area (Å²) >= 11 is 0. The van der Waals surface area contributed by atoms with Gasteiger partial charge in [0.15, 0.2) is 6.61 Å². The Morgan fingerprint density at radius 1 is 1.19 bits per heavy atom. The van der Waals surface area contributed by atoms with Crippen molar-refractivity contribution >= 4 is 5.91 Å². The molecule has 21 heavy (non-hydrogen) atoms. The summed E-state index contributed by atoms with van der Waals surface area (Å²) in [6, 6.07) is 13.8. The molecule has 4 heteroatoms. The number of benzene rings is 2. The van der Waals surface area contributed by atoms with Gasteiger partial charge in [0.2, 0.25) is 0 Å². The van der Waals surface area contributed by atoms with Gasteiger partial charge in [-0.05, 0) is 35.7 Å². The van der Waals surface area contributed by atoms with E-state index in [1.165, 1.54) is 12.1 Å². The lowest BCUT2D eigenvalue weighted by atomic mass is 10.1. The normalized spacial score (nSPS) is 10.2. The van der Waals surface area contributed by atoms with Crippen LogP contribution in [-0.2, 0) is 17.8 Å². The molecule has 0 heterocycles. The fraction of sp³-hybridized carbons (Fsp3) is 0.235. The maximum absolute atomic E-state index is 13.0. The Bertz CT molecular complexity index is 613. The first-order valence-corrected chi connectivity index (χ1v) is 6.91. The van der Waals surface area contributed by atoms with Crippen molar-refractivity contribution in [1.29, 1.82) is 0 Å². The Hall–Kier alpha value is -2.36. The van der Waals surface area contributed by atoms with E-state index in [-0.39, 0.29) is 24.9 Å². The molecule has 0 aromatic heterocycles. The van der Waals surface area contributed by atoms with Gasteiger partial charge in [0.1, 0.15) is 11.6 Å². The molecule has 0 bridgehead atoms. The number of hydrogen-bond acceptors (Lipinski definition) is 2. The molecule has 0 aliphatic rings. The van der Waals surface area contributed by atoms with Crippen LogP contribution in [0.1, 0.15) is 18.1 Å². The lowest BCUT2D eigenvalue weighted by Gasteiger charge is -2.10. The molecule has 0 unspecified atom stereocenters. The van der Waals surface area contributed by atoms with Gasteiger partial charge in [0.05, 0.1) is 0 Å². The topological polar surface area (TPSA) is 38.3 Å². The smallest absolute Gasteiger partial charge is 0.258 e. The van der Waals surface area contributed by atoms with Gasteiger partial charge in [0.25, 0.3) is 5.91 Å². The van der Waals surface area contributed by atoms with Crippen LogP contribution < -0.4 is 10.1 Å². The summed E-state index contributed by atoms with van der Waals surface area (Å²) < 4.78 is 18.5. The molecule has 0 saturated carbocycles. The molecule has 2 aromatic rings. The van der Waals surface area contributed by atoms with Gasteiger partial charge in [-0.15, -0.1) is 0 Å².